The summed E-state index contributed by atoms with van der Waals surface area (Å²) < 4.78 is 26.9. The Morgan fingerprint density at radius 3 is 2.77 bits per heavy atom. The number of rotatable bonds is 5. The minimum absolute atomic E-state index is 0.0358. The summed E-state index contributed by atoms with van der Waals surface area (Å²) >= 11 is 0. The van der Waals surface area contributed by atoms with Crippen LogP contribution >= 0.6 is 0 Å². The molecule has 3 aromatic rings. The Balaban J connectivity index is 1.38. The predicted molar refractivity (Wildman–Crippen MR) is 105 cm³/mol. The van der Waals surface area contributed by atoms with Gasteiger partial charge < -0.3 is 28.4 Å². The van der Waals surface area contributed by atoms with E-state index in [0.717, 1.165) is 5.56 Å². The van der Waals surface area contributed by atoms with Crippen molar-refractivity contribution >= 4 is 11.6 Å². The number of amides is 1. The van der Waals surface area contributed by atoms with E-state index in [1.54, 1.807) is 31.3 Å². The summed E-state index contributed by atoms with van der Waals surface area (Å²) in [5.41, 5.74) is 1.44. The summed E-state index contributed by atoms with van der Waals surface area (Å²) in [6.07, 6.45) is 0.276. The van der Waals surface area contributed by atoms with Gasteiger partial charge in [0.05, 0.1) is 25.8 Å². The van der Waals surface area contributed by atoms with Crippen molar-refractivity contribution in [3.8, 4) is 34.4 Å². The van der Waals surface area contributed by atoms with Gasteiger partial charge in [0.15, 0.2) is 11.5 Å². The minimum atomic E-state index is -0.209. The third kappa shape index (κ3) is 3.08. The molecular weight excluding hydrogens is 390 g/mol. The lowest BCUT2D eigenvalue weighted by Gasteiger charge is -2.19. The molecule has 5 rings (SSSR count). The molecule has 2 aromatic carbocycles. The third-order valence-electron chi connectivity index (χ3n) is 5.22. The molecule has 154 valence electrons. The van der Waals surface area contributed by atoms with Crippen molar-refractivity contribution in [2.45, 2.75) is 12.3 Å². The van der Waals surface area contributed by atoms with Crippen LogP contribution in [0.1, 0.15) is 18.2 Å². The Morgan fingerprint density at radius 1 is 1.07 bits per heavy atom. The van der Waals surface area contributed by atoms with Crippen LogP contribution < -0.4 is 23.8 Å². The smallest absolute Gasteiger partial charge is 0.232 e. The first-order chi connectivity index (χ1) is 14.7. The van der Waals surface area contributed by atoms with Gasteiger partial charge in [0.2, 0.25) is 24.4 Å². The normalized spacial score (nSPS) is 17.5. The Morgan fingerprint density at radius 2 is 1.93 bits per heavy atom. The van der Waals surface area contributed by atoms with Crippen molar-refractivity contribution in [3.63, 3.8) is 0 Å². The fourth-order valence-electron chi connectivity index (χ4n) is 3.67. The van der Waals surface area contributed by atoms with Crippen molar-refractivity contribution in [2.75, 3.05) is 32.5 Å². The number of benzene rings is 2. The van der Waals surface area contributed by atoms with Gasteiger partial charge >= 0.3 is 0 Å². The van der Waals surface area contributed by atoms with E-state index in [2.05, 4.69) is 10.1 Å². The highest BCUT2D eigenvalue weighted by molar-refractivity contribution is 5.97. The Hall–Kier alpha value is -3.75. The number of hydrogen-bond acceptors (Lipinski definition) is 8. The van der Waals surface area contributed by atoms with Gasteiger partial charge in [-0.3, -0.25) is 4.79 Å². The van der Waals surface area contributed by atoms with E-state index in [1.807, 2.05) is 24.3 Å². The molecule has 2 aliphatic heterocycles. The van der Waals surface area contributed by atoms with Gasteiger partial charge in [-0.1, -0.05) is 5.16 Å². The summed E-state index contributed by atoms with van der Waals surface area (Å²) in [4.78, 5) is 18.9. The summed E-state index contributed by atoms with van der Waals surface area (Å²) in [6.45, 7) is 0.620. The van der Waals surface area contributed by atoms with Crippen LogP contribution in [-0.2, 0) is 4.79 Å². The summed E-state index contributed by atoms with van der Waals surface area (Å²) in [6, 6.07) is 10.8. The molecule has 1 aromatic heterocycles. The molecule has 0 aliphatic carbocycles. The monoisotopic (exact) mass is 409 g/mol. The molecule has 2 aliphatic rings. The maximum atomic E-state index is 12.7. The number of hydrogen-bond donors (Lipinski definition) is 0. The molecule has 1 unspecified atom stereocenters. The maximum Gasteiger partial charge on any atom is 0.232 e. The fourth-order valence-corrected chi connectivity index (χ4v) is 3.67. The molecule has 0 radical (unpaired) electrons. The van der Waals surface area contributed by atoms with Gasteiger partial charge in [0.25, 0.3) is 0 Å². The topological polar surface area (TPSA) is 96.2 Å². The van der Waals surface area contributed by atoms with E-state index in [4.69, 9.17) is 23.5 Å². The first-order valence-corrected chi connectivity index (χ1v) is 9.42. The highest BCUT2D eigenvalue weighted by Gasteiger charge is 2.36. The second-order valence-corrected chi connectivity index (χ2v) is 6.97. The van der Waals surface area contributed by atoms with Crippen LogP contribution in [0.15, 0.2) is 40.9 Å². The zero-order chi connectivity index (χ0) is 20.7. The van der Waals surface area contributed by atoms with Gasteiger partial charge in [0.1, 0.15) is 11.5 Å². The van der Waals surface area contributed by atoms with E-state index in [-0.39, 0.29) is 25.0 Å². The number of nitrogens with zero attached hydrogens (tertiary/aromatic N) is 3. The number of fused-ring (bicyclic) bond motifs is 1. The van der Waals surface area contributed by atoms with Crippen LogP contribution in [0.4, 0.5) is 5.69 Å². The molecule has 1 amide bonds. The van der Waals surface area contributed by atoms with Gasteiger partial charge in [-0.25, -0.2) is 0 Å². The average molecular weight is 409 g/mol. The van der Waals surface area contributed by atoms with Crippen molar-refractivity contribution in [2.24, 2.45) is 0 Å². The number of methoxy groups -OCH3 is 2. The van der Waals surface area contributed by atoms with E-state index >= 15 is 0 Å². The molecule has 0 saturated carbocycles. The average Bonchev–Trinajstić information content (AvgIpc) is 3.51. The van der Waals surface area contributed by atoms with Crippen molar-refractivity contribution in [1.29, 1.82) is 0 Å². The van der Waals surface area contributed by atoms with Crippen LogP contribution in [0.2, 0.25) is 0 Å². The quantitative estimate of drug-likeness (QED) is 0.635. The van der Waals surface area contributed by atoms with E-state index in [9.17, 15) is 4.79 Å². The van der Waals surface area contributed by atoms with Crippen LogP contribution in [0.25, 0.3) is 11.4 Å². The SMILES string of the molecule is COc1ccc(N2CC(c3nc(-c4ccc5c(c4)OCO5)no3)CC2=O)c(OC)c1. The largest absolute Gasteiger partial charge is 0.497 e. The number of anilines is 1. The van der Waals surface area contributed by atoms with Gasteiger partial charge in [0, 0.05) is 24.6 Å². The minimum Gasteiger partial charge on any atom is -0.497 e. The Labute approximate surface area is 172 Å². The van der Waals surface area contributed by atoms with Crippen molar-refractivity contribution in [3.05, 3.63) is 42.3 Å². The molecule has 1 saturated heterocycles. The number of aromatic nitrogens is 2. The highest BCUT2D eigenvalue weighted by Crippen LogP contribution is 2.39. The lowest BCUT2D eigenvalue weighted by Crippen LogP contribution is -2.24. The van der Waals surface area contributed by atoms with E-state index in [1.165, 1.54) is 0 Å². The van der Waals surface area contributed by atoms with Crippen LogP contribution in [-0.4, -0.2) is 43.6 Å². The highest BCUT2D eigenvalue weighted by atomic mass is 16.7. The molecule has 0 N–H and O–H groups in total. The molecule has 1 atom stereocenters. The Bertz CT molecular complexity index is 1110. The first kappa shape index (κ1) is 18.3. The lowest BCUT2D eigenvalue weighted by atomic mass is 10.1. The molecule has 9 nitrogen and oxygen atoms in total. The molecule has 9 heteroatoms. The Kier molecular flexibility index (Phi) is 4.42. The van der Waals surface area contributed by atoms with Gasteiger partial charge in [-0.15, -0.1) is 0 Å². The summed E-state index contributed by atoms with van der Waals surface area (Å²) in [5.74, 6) is 3.17. The second kappa shape index (κ2) is 7.25. The second-order valence-electron chi connectivity index (χ2n) is 6.97. The van der Waals surface area contributed by atoms with Crippen molar-refractivity contribution in [1.82, 2.24) is 10.1 Å². The molecule has 0 spiro atoms. The molecular formula is C21H19N3O6. The fraction of sp³-hybridized carbons (Fsp3) is 0.286. The van der Waals surface area contributed by atoms with E-state index < -0.39 is 0 Å². The third-order valence-corrected chi connectivity index (χ3v) is 5.22. The predicted octanol–water partition coefficient (Wildman–Crippen LogP) is 3.00. The first-order valence-electron chi connectivity index (χ1n) is 9.42. The summed E-state index contributed by atoms with van der Waals surface area (Å²) in [7, 11) is 3.14. The van der Waals surface area contributed by atoms with Gasteiger partial charge in [-0.2, -0.15) is 4.98 Å². The van der Waals surface area contributed by atoms with Crippen LogP contribution in [0.5, 0.6) is 23.0 Å². The lowest BCUT2D eigenvalue weighted by molar-refractivity contribution is -0.117. The number of carbonyl (C=O) groups excluding carboxylic acids is 1. The maximum absolute atomic E-state index is 12.7. The zero-order valence-electron chi connectivity index (χ0n) is 16.5. The number of ether oxygens (including phenoxy) is 4. The standard InChI is InChI=1S/C21H19N3O6/c1-26-14-4-5-15(17(9-14)27-2)24-10-13(8-19(24)25)21-22-20(23-30-21)12-3-6-16-18(7-12)29-11-28-16/h3-7,9,13H,8,10-11H2,1-2H3. The zero-order valence-corrected chi connectivity index (χ0v) is 16.5. The summed E-state index contributed by atoms with van der Waals surface area (Å²) in [5, 5.41) is 4.08. The molecule has 30 heavy (non-hydrogen) atoms. The van der Waals surface area contributed by atoms with Crippen LogP contribution in [0, 0.1) is 0 Å². The molecule has 0 bridgehead atoms. The van der Waals surface area contributed by atoms with E-state index in [0.29, 0.717) is 46.9 Å². The van der Waals surface area contributed by atoms with Gasteiger partial charge in [-0.05, 0) is 30.3 Å². The van der Waals surface area contributed by atoms with Crippen LogP contribution in [0.3, 0.4) is 0 Å². The molecule has 1 fully saturated rings. The number of carbonyl (C=O) groups is 1. The molecule has 3 heterocycles. The van der Waals surface area contributed by atoms with Crippen molar-refractivity contribution < 1.29 is 28.3 Å².